The third-order valence-electron chi connectivity index (χ3n) is 2.37. The first-order valence-corrected chi connectivity index (χ1v) is 5.33. The van der Waals surface area contributed by atoms with Gasteiger partial charge in [-0.3, -0.25) is 4.79 Å². The molecule has 94 valence electrons. The number of carbonyl (C=O) groups is 1. The van der Waals surface area contributed by atoms with Crippen molar-refractivity contribution in [2.45, 2.75) is 26.4 Å². The van der Waals surface area contributed by atoms with Crippen molar-refractivity contribution in [3.05, 3.63) is 29.8 Å². The van der Waals surface area contributed by atoms with Crippen LogP contribution in [0.4, 0.5) is 14.5 Å². The number of benzene rings is 1. The summed E-state index contributed by atoms with van der Waals surface area (Å²) in [5.41, 5.74) is 0.171. The predicted octanol–water partition coefficient (Wildman–Crippen LogP) is 2.31. The SMILES string of the molecule is CC(C)C(O)CC(=O)Nc1ccc(F)c(F)c1. The zero-order valence-corrected chi connectivity index (χ0v) is 9.71. The Morgan fingerprint density at radius 3 is 2.53 bits per heavy atom. The molecule has 0 aromatic heterocycles. The van der Waals surface area contributed by atoms with Crippen LogP contribution in [0, 0.1) is 17.6 Å². The number of rotatable bonds is 4. The van der Waals surface area contributed by atoms with Crippen LogP contribution >= 0.6 is 0 Å². The second kappa shape index (κ2) is 5.72. The van der Waals surface area contributed by atoms with Crippen molar-refractivity contribution in [3.8, 4) is 0 Å². The van der Waals surface area contributed by atoms with E-state index in [2.05, 4.69) is 5.32 Å². The fraction of sp³-hybridized carbons (Fsp3) is 0.417. The first kappa shape index (κ1) is 13.6. The molecule has 1 aromatic rings. The molecular formula is C12H15F2NO2. The van der Waals surface area contributed by atoms with Crippen molar-refractivity contribution in [2.75, 3.05) is 5.32 Å². The normalized spacial score (nSPS) is 12.6. The van der Waals surface area contributed by atoms with E-state index in [1.54, 1.807) is 13.8 Å². The molecule has 0 heterocycles. The van der Waals surface area contributed by atoms with Crippen LogP contribution in [-0.2, 0) is 4.79 Å². The molecule has 0 saturated carbocycles. The van der Waals surface area contributed by atoms with Crippen LogP contribution < -0.4 is 5.32 Å². The minimum absolute atomic E-state index is 0.0364. The quantitative estimate of drug-likeness (QED) is 0.852. The minimum atomic E-state index is -1.02. The lowest BCUT2D eigenvalue weighted by atomic mass is 10.0. The molecule has 0 aliphatic carbocycles. The third-order valence-corrected chi connectivity index (χ3v) is 2.37. The summed E-state index contributed by atoms with van der Waals surface area (Å²) in [6, 6.07) is 3.09. The molecule has 1 atom stereocenters. The van der Waals surface area contributed by atoms with Crippen molar-refractivity contribution in [2.24, 2.45) is 5.92 Å². The topological polar surface area (TPSA) is 49.3 Å². The summed E-state index contributed by atoms with van der Waals surface area (Å²) in [7, 11) is 0. The molecule has 3 nitrogen and oxygen atoms in total. The van der Waals surface area contributed by atoms with Gasteiger partial charge in [0.05, 0.1) is 12.5 Å². The summed E-state index contributed by atoms with van der Waals surface area (Å²) in [5, 5.41) is 11.9. The lowest BCUT2D eigenvalue weighted by Crippen LogP contribution is -2.23. The zero-order chi connectivity index (χ0) is 13.0. The fourth-order valence-corrected chi connectivity index (χ4v) is 1.21. The molecule has 1 aromatic carbocycles. The number of nitrogens with one attached hydrogen (secondary N) is 1. The smallest absolute Gasteiger partial charge is 0.226 e. The molecule has 1 amide bonds. The lowest BCUT2D eigenvalue weighted by Gasteiger charge is -2.13. The highest BCUT2D eigenvalue weighted by atomic mass is 19.2. The summed E-state index contributed by atoms with van der Waals surface area (Å²) in [5.74, 6) is -2.46. The van der Waals surface area contributed by atoms with Gasteiger partial charge in [0.25, 0.3) is 0 Å². The molecule has 2 N–H and O–H groups in total. The molecule has 0 bridgehead atoms. The lowest BCUT2D eigenvalue weighted by molar-refractivity contribution is -0.118. The van der Waals surface area contributed by atoms with Crippen molar-refractivity contribution < 1.29 is 18.7 Å². The summed E-state index contributed by atoms with van der Waals surface area (Å²) < 4.78 is 25.5. The van der Waals surface area contributed by atoms with Crippen LogP contribution in [0.25, 0.3) is 0 Å². The first-order valence-electron chi connectivity index (χ1n) is 5.33. The summed E-state index contributed by atoms with van der Waals surface area (Å²) in [6.45, 7) is 3.57. The van der Waals surface area contributed by atoms with E-state index in [1.165, 1.54) is 6.07 Å². The zero-order valence-electron chi connectivity index (χ0n) is 9.71. The summed E-state index contributed by atoms with van der Waals surface area (Å²) >= 11 is 0. The van der Waals surface area contributed by atoms with Gasteiger partial charge in [0.2, 0.25) is 5.91 Å². The van der Waals surface area contributed by atoms with Crippen molar-refractivity contribution in [1.82, 2.24) is 0 Å². The molecule has 0 saturated heterocycles. The molecule has 0 spiro atoms. The number of hydrogen-bond donors (Lipinski definition) is 2. The molecule has 0 aliphatic heterocycles. The Kier molecular flexibility index (Phi) is 4.57. The molecule has 17 heavy (non-hydrogen) atoms. The minimum Gasteiger partial charge on any atom is -0.392 e. The van der Waals surface area contributed by atoms with Gasteiger partial charge in [-0.15, -0.1) is 0 Å². The Balaban J connectivity index is 2.59. The number of halogens is 2. The van der Waals surface area contributed by atoms with E-state index in [0.717, 1.165) is 12.1 Å². The van der Waals surface area contributed by atoms with E-state index in [-0.39, 0.29) is 18.0 Å². The van der Waals surface area contributed by atoms with E-state index >= 15 is 0 Å². The van der Waals surface area contributed by atoms with Crippen LogP contribution in [0.2, 0.25) is 0 Å². The van der Waals surface area contributed by atoms with E-state index < -0.39 is 23.6 Å². The van der Waals surface area contributed by atoms with Crippen molar-refractivity contribution in [3.63, 3.8) is 0 Å². The van der Waals surface area contributed by atoms with Crippen LogP contribution in [-0.4, -0.2) is 17.1 Å². The van der Waals surface area contributed by atoms with Gasteiger partial charge in [-0.1, -0.05) is 13.8 Å². The van der Waals surface area contributed by atoms with Gasteiger partial charge >= 0.3 is 0 Å². The Bertz CT molecular complexity index is 407. The van der Waals surface area contributed by atoms with E-state index in [1.807, 2.05) is 0 Å². The van der Waals surface area contributed by atoms with Gasteiger partial charge in [-0.25, -0.2) is 8.78 Å². The fourth-order valence-electron chi connectivity index (χ4n) is 1.21. The van der Waals surface area contributed by atoms with Gasteiger partial charge < -0.3 is 10.4 Å². The summed E-state index contributed by atoms with van der Waals surface area (Å²) in [4.78, 5) is 11.4. The van der Waals surface area contributed by atoms with E-state index in [0.29, 0.717) is 0 Å². The maximum Gasteiger partial charge on any atom is 0.226 e. The molecule has 0 aliphatic rings. The van der Waals surface area contributed by atoms with Gasteiger partial charge in [-0.05, 0) is 18.1 Å². The van der Waals surface area contributed by atoms with Gasteiger partial charge in [0.1, 0.15) is 0 Å². The van der Waals surface area contributed by atoms with Crippen LogP contribution in [0.3, 0.4) is 0 Å². The standard InChI is InChI=1S/C12H15F2NO2/c1-7(2)11(16)6-12(17)15-8-3-4-9(13)10(14)5-8/h3-5,7,11,16H,6H2,1-2H3,(H,15,17). The Morgan fingerprint density at radius 1 is 1.35 bits per heavy atom. The number of aliphatic hydroxyl groups is 1. The van der Waals surface area contributed by atoms with Crippen LogP contribution in [0.1, 0.15) is 20.3 Å². The summed E-state index contributed by atoms with van der Waals surface area (Å²) in [6.07, 6.45) is -0.822. The number of carbonyl (C=O) groups excluding carboxylic acids is 1. The highest BCUT2D eigenvalue weighted by molar-refractivity contribution is 5.90. The third kappa shape index (κ3) is 4.11. The second-order valence-corrected chi connectivity index (χ2v) is 4.19. The molecular weight excluding hydrogens is 228 g/mol. The maximum atomic E-state index is 12.8. The predicted molar refractivity (Wildman–Crippen MR) is 60.4 cm³/mol. The Labute approximate surface area is 98.5 Å². The maximum absolute atomic E-state index is 12.8. The number of aliphatic hydroxyl groups excluding tert-OH is 1. The van der Waals surface area contributed by atoms with E-state index in [4.69, 9.17) is 0 Å². The average Bonchev–Trinajstić information content (AvgIpc) is 2.23. The van der Waals surface area contributed by atoms with Gasteiger partial charge in [0, 0.05) is 11.8 Å². The van der Waals surface area contributed by atoms with Gasteiger partial charge in [0.15, 0.2) is 11.6 Å². The Morgan fingerprint density at radius 2 is 2.00 bits per heavy atom. The monoisotopic (exact) mass is 243 g/mol. The first-order chi connectivity index (χ1) is 7.90. The largest absolute Gasteiger partial charge is 0.392 e. The van der Waals surface area contributed by atoms with Gasteiger partial charge in [-0.2, -0.15) is 0 Å². The van der Waals surface area contributed by atoms with Crippen LogP contribution in [0.5, 0.6) is 0 Å². The van der Waals surface area contributed by atoms with E-state index in [9.17, 15) is 18.7 Å². The molecule has 5 heteroatoms. The highest BCUT2D eigenvalue weighted by Gasteiger charge is 2.14. The van der Waals surface area contributed by atoms with Crippen LogP contribution in [0.15, 0.2) is 18.2 Å². The number of hydrogen-bond acceptors (Lipinski definition) is 2. The molecule has 0 radical (unpaired) electrons. The Hall–Kier alpha value is -1.49. The molecule has 1 unspecified atom stereocenters. The van der Waals surface area contributed by atoms with Crippen molar-refractivity contribution >= 4 is 11.6 Å². The number of anilines is 1. The number of amides is 1. The highest BCUT2D eigenvalue weighted by Crippen LogP contribution is 2.14. The second-order valence-electron chi connectivity index (χ2n) is 4.19. The van der Waals surface area contributed by atoms with Crippen molar-refractivity contribution in [1.29, 1.82) is 0 Å². The molecule has 0 fully saturated rings. The molecule has 1 rings (SSSR count). The average molecular weight is 243 g/mol.